The summed E-state index contributed by atoms with van der Waals surface area (Å²) >= 11 is 1.72. The average Bonchev–Trinajstić information content (AvgIpc) is 2.90. The van der Waals surface area contributed by atoms with E-state index in [1.165, 1.54) is 4.88 Å². The van der Waals surface area contributed by atoms with Crippen LogP contribution in [0.3, 0.4) is 0 Å². The van der Waals surface area contributed by atoms with E-state index in [-0.39, 0.29) is 0 Å². The van der Waals surface area contributed by atoms with Gasteiger partial charge in [0.05, 0.1) is 6.54 Å². The number of aromatic nitrogens is 1. The zero-order valence-electron chi connectivity index (χ0n) is 12.2. The van der Waals surface area contributed by atoms with Crippen molar-refractivity contribution in [3.8, 4) is 5.75 Å². The maximum atomic E-state index is 9.51. The van der Waals surface area contributed by atoms with Crippen LogP contribution >= 0.6 is 11.3 Å². The summed E-state index contributed by atoms with van der Waals surface area (Å²) in [5.74, 6) is 0.331. The van der Waals surface area contributed by atoms with Crippen molar-refractivity contribution in [2.75, 3.05) is 23.3 Å². The van der Waals surface area contributed by atoms with Crippen molar-refractivity contribution in [3.05, 3.63) is 34.8 Å². The number of phenols is 1. The molecule has 0 aliphatic rings. The number of nitrogens with one attached hydrogen (secondary N) is 1. The second-order valence-electron chi connectivity index (χ2n) is 4.64. The summed E-state index contributed by atoms with van der Waals surface area (Å²) < 4.78 is 0. The molecule has 0 aliphatic carbocycles. The van der Waals surface area contributed by atoms with Gasteiger partial charge >= 0.3 is 0 Å². The van der Waals surface area contributed by atoms with Crippen LogP contribution in [0.25, 0.3) is 0 Å². The Morgan fingerprint density at radius 1 is 1.30 bits per heavy atom. The van der Waals surface area contributed by atoms with E-state index in [1.54, 1.807) is 17.4 Å². The van der Waals surface area contributed by atoms with E-state index in [4.69, 9.17) is 0 Å². The molecule has 0 unspecified atom stereocenters. The molecule has 0 bridgehead atoms. The summed E-state index contributed by atoms with van der Waals surface area (Å²) in [5, 5.41) is 13.9. The highest BCUT2D eigenvalue weighted by Gasteiger charge is 2.07. The minimum atomic E-state index is 0.331. The summed E-state index contributed by atoms with van der Waals surface area (Å²) in [5.41, 5.74) is 1.89. The topological polar surface area (TPSA) is 48.4 Å². The number of benzene rings is 1. The lowest BCUT2D eigenvalue weighted by atomic mass is 10.2. The Morgan fingerprint density at radius 3 is 2.70 bits per heavy atom. The number of thiazole rings is 1. The van der Waals surface area contributed by atoms with Crippen molar-refractivity contribution in [2.24, 2.45) is 0 Å². The van der Waals surface area contributed by atoms with E-state index >= 15 is 0 Å². The first-order valence-corrected chi connectivity index (χ1v) is 7.68. The van der Waals surface area contributed by atoms with Crippen LogP contribution in [0.4, 0.5) is 10.8 Å². The SMILES string of the molecule is CCN(CC)c1ncc(CNc2ccc(O)c(C)c2)s1. The number of anilines is 2. The van der Waals surface area contributed by atoms with Gasteiger partial charge in [0.25, 0.3) is 0 Å². The van der Waals surface area contributed by atoms with Gasteiger partial charge in [-0.2, -0.15) is 0 Å². The molecule has 0 amide bonds. The van der Waals surface area contributed by atoms with Crippen molar-refractivity contribution >= 4 is 22.2 Å². The predicted octanol–water partition coefficient (Wildman–Crippen LogP) is 3.62. The van der Waals surface area contributed by atoms with E-state index < -0.39 is 0 Å². The standard InChI is InChI=1S/C15H21N3OS/c1-4-18(5-2)15-17-10-13(20-15)9-16-12-6-7-14(19)11(3)8-12/h6-8,10,16,19H,4-5,9H2,1-3H3. The molecule has 1 heterocycles. The van der Waals surface area contributed by atoms with Gasteiger partial charge in [0.15, 0.2) is 5.13 Å². The van der Waals surface area contributed by atoms with Crippen molar-refractivity contribution < 1.29 is 5.11 Å². The second-order valence-corrected chi connectivity index (χ2v) is 5.73. The minimum Gasteiger partial charge on any atom is -0.508 e. The van der Waals surface area contributed by atoms with Crippen LogP contribution < -0.4 is 10.2 Å². The molecule has 20 heavy (non-hydrogen) atoms. The molecule has 108 valence electrons. The summed E-state index contributed by atoms with van der Waals surface area (Å²) in [6, 6.07) is 5.54. The molecule has 0 fully saturated rings. The number of aryl methyl sites for hydroxylation is 1. The maximum Gasteiger partial charge on any atom is 0.185 e. The van der Waals surface area contributed by atoms with Crippen LogP contribution in [0, 0.1) is 6.92 Å². The Bertz CT molecular complexity index is 564. The summed E-state index contributed by atoms with van der Waals surface area (Å²) in [6.45, 7) is 8.89. The number of phenolic OH excluding ortho intramolecular Hbond substituents is 1. The van der Waals surface area contributed by atoms with Gasteiger partial charge in [-0.3, -0.25) is 0 Å². The van der Waals surface area contributed by atoms with Gasteiger partial charge in [0.2, 0.25) is 0 Å². The molecular formula is C15H21N3OS. The van der Waals surface area contributed by atoms with Crippen molar-refractivity contribution in [1.82, 2.24) is 4.98 Å². The molecule has 0 radical (unpaired) electrons. The summed E-state index contributed by atoms with van der Waals surface area (Å²) in [7, 11) is 0. The molecule has 5 heteroatoms. The van der Waals surface area contributed by atoms with Crippen LogP contribution in [0.2, 0.25) is 0 Å². The van der Waals surface area contributed by atoms with E-state index in [0.29, 0.717) is 5.75 Å². The van der Waals surface area contributed by atoms with Crippen molar-refractivity contribution in [3.63, 3.8) is 0 Å². The normalized spacial score (nSPS) is 10.6. The van der Waals surface area contributed by atoms with Gasteiger partial charge in [0, 0.05) is 29.9 Å². The first-order valence-electron chi connectivity index (χ1n) is 6.87. The van der Waals surface area contributed by atoms with Crippen LogP contribution in [0.15, 0.2) is 24.4 Å². The molecule has 0 spiro atoms. The van der Waals surface area contributed by atoms with Gasteiger partial charge in [-0.15, -0.1) is 11.3 Å². The smallest absolute Gasteiger partial charge is 0.185 e. The lowest BCUT2D eigenvalue weighted by molar-refractivity contribution is 0.471. The van der Waals surface area contributed by atoms with Gasteiger partial charge in [-0.25, -0.2) is 4.98 Å². The highest BCUT2D eigenvalue weighted by Crippen LogP contribution is 2.24. The van der Waals surface area contributed by atoms with E-state index in [9.17, 15) is 5.11 Å². The molecule has 0 atom stereocenters. The minimum absolute atomic E-state index is 0.331. The van der Waals surface area contributed by atoms with E-state index in [2.05, 4.69) is 29.0 Å². The average molecular weight is 291 g/mol. The third-order valence-corrected chi connectivity index (χ3v) is 4.30. The van der Waals surface area contributed by atoms with Crippen LogP contribution in [-0.4, -0.2) is 23.2 Å². The highest BCUT2D eigenvalue weighted by atomic mass is 32.1. The number of rotatable bonds is 6. The third kappa shape index (κ3) is 3.42. The predicted molar refractivity (Wildman–Crippen MR) is 85.8 cm³/mol. The molecule has 0 aliphatic heterocycles. The molecule has 4 nitrogen and oxygen atoms in total. The van der Waals surface area contributed by atoms with Gasteiger partial charge in [0.1, 0.15) is 5.75 Å². The lowest BCUT2D eigenvalue weighted by Crippen LogP contribution is -2.21. The van der Waals surface area contributed by atoms with Gasteiger partial charge in [-0.1, -0.05) is 0 Å². The van der Waals surface area contributed by atoms with E-state index in [0.717, 1.165) is 36.0 Å². The Balaban J connectivity index is 1.98. The number of hydrogen-bond donors (Lipinski definition) is 2. The number of hydrogen-bond acceptors (Lipinski definition) is 5. The Labute approximate surface area is 124 Å². The molecule has 1 aromatic heterocycles. The van der Waals surface area contributed by atoms with Crippen molar-refractivity contribution in [1.29, 1.82) is 0 Å². The fourth-order valence-corrected chi connectivity index (χ4v) is 2.95. The van der Waals surface area contributed by atoms with E-state index in [1.807, 2.05) is 25.3 Å². The summed E-state index contributed by atoms with van der Waals surface area (Å²) in [6.07, 6.45) is 1.93. The van der Waals surface area contributed by atoms with Gasteiger partial charge in [-0.05, 0) is 44.5 Å². The molecule has 0 saturated carbocycles. The zero-order valence-corrected chi connectivity index (χ0v) is 13.0. The second kappa shape index (κ2) is 6.61. The fraction of sp³-hybridized carbons (Fsp3) is 0.400. The first-order chi connectivity index (χ1) is 9.63. The van der Waals surface area contributed by atoms with Crippen LogP contribution in [0.5, 0.6) is 5.75 Å². The van der Waals surface area contributed by atoms with Crippen LogP contribution in [0.1, 0.15) is 24.3 Å². The quantitative estimate of drug-likeness (QED) is 0.798. The highest BCUT2D eigenvalue weighted by molar-refractivity contribution is 7.15. The number of aromatic hydroxyl groups is 1. The zero-order chi connectivity index (χ0) is 14.5. The maximum absolute atomic E-state index is 9.51. The van der Waals surface area contributed by atoms with Gasteiger partial charge < -0.3 is 15.3 Å². The molecule has 1 aromatic carbocycles. The first kappa shape index (κ1) is 14.7. The monoisotopic (exact) mass is 291 g/mol. The summed E-state index contributed by atoms with van der Waals surface area (Å²) in [4.78, 5) is 7.92. The Hall–Kier alpha value is -1.75. The van der Waals surface area contributed by atoms with Crippen LogP contribution in [-0.2, 0) is 6.54 Å². The molecule has 2 N–H and O–H groups in total. The molecule has 0 saturated heterocycles. The third-order valence-electron chi connectivity index (χ3n) is 3.24. The molecule has 2 rings (SSSR count). The molecule has 2 aromatic rings. The Kier molecular flexibility index (Phi) is 4.84. The van der Waals surface area contributed by atoms with Crippen molar-refractivity contribution in [2.45, 2.75) is 27.3 Å². The molecular weight excluding hydrogens is 270 g/mol. The largest absolute Gasteiger partial charge is 0.508 e. The lowest BCUT2D eigenvalue weighted by Gasteiger charge is -2.16. The number of nitrogens with zero attached hydrogens (tertiary/aromatic N) is 2. The fourth-order valence-electron chi connectivity index (χ4n) is 1.97. The Morgan fingerprint density at radius 2 is 2.05 bits per heavy atom.